The van der Waals surface area contributed by atoms with Gasteiger partial charge in [-0.15, -0.1) is 0 Å². The maximum absolute atomic E-state index is 9.63. The van der Waals surface area contributed by atoms with Crippen molar-refractivity contribution >= 4 is 51.1 Å². The molecule has 0 aliphatic carbocycles. The van der Waals surface area contributed by atoms with Crippen molar-refractivity contribution in [2.75, 3.05) is 12.5 Å². The van der Waals surface area contributed by atoms with Gasteiger partial charge < -0.3 is 19.2 Å². The van der Waals surface area contributed by atoms with Crippen LogP contribution < -0.4 is 0 Å². The molecule has 0 rings (SSSR count). The number of hydrogen-bond acceptors (Lipinski definition) is 7. The molecule has 0 spiro atoms. The standard InChI is InChI=1S/3C3H6O.C3H6S.C2H6O2S.C2H4O.CH4/c2*1-3(2)4;1-2-3-4;1-3(2)4;1-5(2,3)4;1-2-3;/h2*1-2H3;3H,2H2,1H3;1-2H3;1-2H3;2H,1H3;1H4. The van der Waals surface area contributed by atoms with Crippen molar-refractivity contribution in [3.05, 3.63) is 0 Å². The zero-order valence-electron chi connectivity index (χ0n) is 16.6. The summed E-state index contributed by atoms with van der Waals surface area (Å²) in [5, 5.41) is 0. The van der Waals surface area contributed by atoms with E-state index < -0.39 is 9.84 Å². The smallest absolute Gasteiger partial charge is 0.144 e. The van der Waals surface area contributed by atoms with Crippen molar-refractivity contribution in [3.63, 3.8) is 0 Å². The summed E-state index contributed by atoms with van der Waals surface area (Å²) in [5.41, 5.74) is 0. The Labute approximate surface area is 160 Å². The van der Waals surface area contributed by atoms with Crippen molar-refractivity contribution < 1.29 is 27.6 Å². The molecule has 0 saturated heterocycles. The molecular formula is C17H38O6S2. The molecular weight excluding hydrogens is 364 g/mol. The quantitative estimate of drug-likeness (QED) is 0.487. The molecule has 0 atom stereocenters. The molecule has 0 aromatic heterocycles. The van der Waals surface area contributed by atoms with Crippen LogP contribution in [0.15, 0.2) is 0 Å². The fourth-order valence-corrected chi connectivity index (χ4v) is 0. The Bertz CT molecular complexity index is 364. The van der Waals surface area contributed by atoms with E-state index in [1.807, 2.05) is 20.8 Å². The van der Waals surface area contributed by atoms with Gasteiger partial charge in [0, 0.05) is 18.9 Å². The van der Waals surface area contributed by atoms with Crippen molar-refractivity contribution in [2.24, 2.45) is 0 Å². The number of carbonyl (C=O) groups excluding carboxylic acids is 4. The van der Waals surface area contributed by atoms with Crippen LogP contribution in [0.1, 0.15) is 69.2 Å². The number of Topliss-reactive ketones (excluding diaryl/α,β-unsaturated/α-hetero) is 2. The third kappa shape index (κ3) is 124000. The molecule has 0 aromatic carbocycles. The van der Waals surface area contributed by atoms with Crippen molar-refractivity contribution in [3.8, 4) is 0 Å². The van der Waals surface area contributed by atoms with E-state index in [1.165, 1.54) is 34.6 Å². The fourth-order valence-electron chi connectivity index (χ4n) is 0. The van der Waals surface area contributed by atoms with Gasteiger partial charge in [0.2, 0.25) is 0 Å². The van der Waals surface area contributed by atoms with Gasteiger partial charge in [-0.25, -0.2) is 8.42 Å². The molecule has 0 aliphatic heterocycles. The molecule has 154 valence electrons. The highest BCUT2D eigenvalue weighted by molar-refractivity contribution is 7.89. The molecule has 0 aliphatic rings. The number of ketones is 2. The zero-order chi connectivity index (χ0) is 21.4. The number of hydrogen-bond donors (Lipinski definition) is 0. The minimum absolute atomic E-state index is 0. The van der Waals surface area contributed by atoms with Gasteiger partial charge in [-0.2, -0.15) is 0 Å². The Balaban J connectivity index is -0.0000000310. The first-order chi connectivity index (χ1) is 10.5. The highest BCUT2D eigenvalue weighted by Gasteiger charge is 1.79. The topological polar surface area (TPSA) is 102 Å². The first-order valence-corrected chi connectivity index (χ1v) is 9.63. The van der Waals surface area contributed by atoms with Crippen molar-refractivity contribution in [1.82, 2.24) is 0 Å². The third-order valence-corrected chi connectivity index (χ3v) is 0.167. The lowest BCUT2D eigenvalue weighted by atomic mass is 10.6. The van der Waals surface area contributed by atoms with E-state index in [0.29, 0.717) is 6.42 Å². The minimum atomic E-state index is -2.67. The SMILES string of the molecule is C.CC(C)=O.CC(C)=O.CC(C)=S.CC=O.CCC=O.CS(C)(=O)=O. The lowest BCUT2D eigenvalue weighted by Crippen LogP contribution is -1.86. The lowest BCUT2D eigenvalue weighted by Gasteiger charge is -1.69. The van der Waals surface area contributed by atoms with E-state index in [1.54, 1.807) is 0 Å². The number of rotatable bonds is 1. The van der Waals surface area contributed by atoms with Crippen LogP contribution in [-0.4, -0.2) is 49.9 Å². The number of sulfone groups is 1. The molecule has 0 N–H and O–H groups in total. The monoisotopic (exact) mass is 402 g/mol. The second kappa shape index (κ2) is 38.3. The normalized spacial score (nSPS) is 6.96. The summed E-state index contributed by atoms with van der Waals surface area (Å²) in [6.45, 7) is 13.2. The summed E-state index contributed by atoms with van der Waals surface area (Å²) in [6, 6.07) is 0. The van der Waals surface area contributed by atoms with Gasteiger partial charge in [0.05, 0.1) is 0 Å². The first-order valence-electron chi connectivity index (χ1n) is 6.93. The van der Waals surface area contributed by atoms with Crippen LogP contribution in [-0.2, 0) is 29.0 Å². The van der Waals surface area contributed by atoms with E-state index in [-0.39, 0.29) is 19.0 Å². The molecule has 6 nitrogen and oxygen atoms in total. The predicted octanol–water partition coefficient (Wildman–Crippen LogP) is 3.68. The Morgan fingerprint density at radius 3 is 0.920 bits per heavy atom. The van der Waals surface area contributed by atoms with Gasteiger partial charge in [-0.3, -0.25) is 0 Å². The summed E-state index contributed by atoms with van der Waals surface area (Å²) >= 11 is 4.54. The molecule has 0 unspecified atom stereocenters. The van der Waals surface area contributed by atoms with E-state index in [4.69, 9.17) is 4.79 Å². The minimum Gasteiger partial charge on any atom is -0.304 e. The summed E-state index contributed by atoms with van der Waals surface area (Å²) < 4.78 is 19.3. The second-order valence-electron chi connectivity index (χ2n) is 4.68. The third-order valence-electron chi connectivity index (χ3n) is 0.167. The second-order valence-corrected chi connectivity index (χ2v) is 7.78. The van der Waals surface area contributed by atoms with E-state index in [2.05, 4.69) is 12.2 Å². The van der Waals surface area contributed by atoms with Crippen molar-refractivity contribution in [2.45, 2.75) is 69.2 Å². The summed E-state index contributed by atoms with van der Waals surface area (Å²) in [4.78, 5) is 37.9. The van der Waals surface area contributed by atoms with Gasteiger partial charge >= 0.3 is 0 Å². The summed E-state index contributed by atoms with van der Waals surface area (Å²) in [7, 11) is -2.67. The van der Waals surface area contributed by atoms with Crippen LogP contribution in [0.25, 0.3) is 0 Å². The van der Waals surface area contributed by atoms with E-state index in [0.717, 1.165) is 29.9 Å². The van der Waals surface area contributed by atoms with Crippen LogP contribution in [0.2, 0.25) is 0 Å². The fraction of sp³-hybridized carbons (Fsp3) is 0.706. The summed E-state index contributed by atoms with van der Waals surface area (Å²) in [6.07, 6.45) is 4.58. The molecule has 0 amide bonds. The Kier molecular flexibility index (Phi) is 67.2. The van der Waals surface area contributed by atoms with Gasteiger partial charge in [-0.05, 0) is 53.3 Å². The molecule has 25 heavy (non-hydrogen) atoms. The Morgan fingerprint density at radius 1 is 0.880 bits per heavy atom. The van der Waals surface area contributed by atoms with Crippen LogP contribution in [0, 0.1) is 0 Å². The number of thiocarbonyl (C=S) groups is 1. The average Bonchev–Trinajstić information content (AvgIpc) is 2.24. The van der Waals surface area contributed by atoms with E-state index in [9.17, 15) is 22.8 Å². The molecule has 0 radical (unpaired) electrons. The molecule has 0 heterocycles. The number of aldehydes is 2. The molecule has 0 bridgehead atoms. The highest BCUT2D eigenvalue weighted by atomic mass is 32.2. The van der Waals surface area contributed by atoms with Crippen LogP contribution in [0.4, 0.5) is 0 Å². The maximum atomic E-state index is 9.63. The van der Waals surface area contributed by atoms with Crippen molar-refractivity contribution in [1.29, 1.82) is 0 Å². The highest BCUT2D eigenvalue weighted by Crippen LogP contribution is 1.62. The first kappa shape index (κ1) is 43.8. The number of carbonyl (C=O) groups is 4. The molecule has 0 aromatic rings. The van der Waals surface area contributed by atoms with Crippen LogP contribution in [0.5, 0.6) is 0 Å². The largest absolute Gasteiger partial charge is 0.304 e. The van der Waals surface area contributed by atoms with Gasteiger partial charge in [-0.1, -0.05) is 26.6 Å². The molecule has 0 saturated carbocycles. The Hall–Kier alpha value is -1.28. The van der Waals surface area contributed by atoms with Gasteiger partial charge in [0.15, 0.2) is 0 Å². The lowest BCUT2D eigenvalue weighted by molar-refractivity contribution is -0.115. The predicted molar refractivity (Wildman–Crippen MR) is 112 cm³/mol. The van der Waals surface area contributed by atoms with Gasteiger partial charge in [0.25, 0.3) is 0 Å². The van der Waals surface area contributed by atoms with E-state index >= 15 is 0 Å². The molecule has 8 heteroatoms. The summed E-state index contributed by atoms with van der Waals surface area (Å²) in [5.74, 6) is 0.333. The zero-order valence-corrected chi connectivity index (χ0v) is 18.3. The van der Waals surface area contributed by atoms with Gasteiger partial charge in [0.1, 0.15) is 34.0 Å². The maximum Gasteiger partial charge on any atom is 0.144 e. The van der Waals surface area contributed by atoms with Crippen LogP contribution in [0.3, 0.4) is 0 Å². The molecule has 0 fully saturated rings. The van der Waals surface area contributed by atoms with Crippen LogP contribution >= 0.6 is 12.2 Å². The Morgan fingerprint density at radius 2 is 0.920 bits per heavy atom. The average molecular weight is 403 g/mol.